The first-order chi connectivity index (χ1) is 25.0. The molecule has 2 amide bonds. The zero-order valence-corrected chi connectivity index (χ0v) is 29.9. The second kappa shape index (κ2) is 18.5. The van der Waals surface area contributed by atoms with Crippen LogP contribution in [0.4, 0.5) is 35.2 Å². The van der Waals surface area contributed by atoms with Crippen molar-refractivity contribution in [3.8, 4) is 11.5 Å². The number of nitrogens with one attached hydrogen (secondary N) is 3. The van der Waals surface area contributed by atoms with Crippen LogP contribution in [0.15, 0.2) is 71.8 Å². The maximum absolute atomic E-state index is 14.3. The normalized spacial score (nSPS) is 12.1. The van der Waals surface area contributed by atoms with Crippen LogP contribution in [0.5, 0.6) is 11.5 Å². The number of benzene rings is 3. The minimum absolute atomic E-state index is 0.151. The van der Waals surface area contributed by atoms with Gasteiger partial charge in [0.15, 0.2) is 11.5 Å². The zero-order valence-electron chi connectivity index (χ0n) is 29.1. The summed E-state index contributed by atoms with van der Waals surface area (Å²) in [7, 11) is 4.26. The van der Waals surface area contributed by atoms with Crippen LogP contribution in [-0.4, -0.2) is 71.9 Å². The van der Waals surface area contributed by atoms with Crippen molar-refractivity contribution in [2.24, 2.45) is 0 Å². The molecule has 0 fully saturated rings. The van der Waals surface area contributed by atoms with E-state index in [1.807, 2.05) is 32.0 Å². The average molecular weight is 762 g/mol. The van der Waals surface area contributed by atoms with E-state index in [-0.39, 0.29) is 5.25 Å². The van der Waals surface area contributed by atoms with Crippen molar-refractivity contribution in [1.82, 2.24) is 10.3 Å². The number of hydrogen-bond donors (Lipinski definition) is 6. The number of carboxylic acid groups (broad SMARTS) is 2. The Morgan fingerprint density at radius 3 is 2.15 bits per heavy atom. The Kier molecular flexibility index (Phi) is 14.5. The number of hydrogen-bond acceptors (Lipinski definition) is 11. The van der Waals surface area contributed by atoms with Crippen molar-refractivity contribution in [2.45, 2.75) is 48.7 Å². The molecule has 2 atom stereocenters. The molecule has 18 heteroatoms. The minimum Gasteiger partial charge on any atom is -0.493 e. The van der Waals surface area contributed by atoms with E-state index >= 15 is 0 Å². The van der Waals surface area contributed by atoms with Gasteiger partial charge in [0.05, 0.1) is 33.8 Å². The summed E-state index contributed by atoms with van der Waals surface area (Å²) < 4.78 is 47.4. The average Bonchev–Trinajstić information content (AvgIpc) is 3.10. The molecule has 0 aliphatic heterocycles. The molecule has 1 heterocycles. The van der Waals surface area contributed by atoms with E-state index < -0.39 is 48.6 Å². The lowest BCUT2D eigenvalue weighted by atomic mass is 10.00. The third-order valence-electron chi connectivity index (χ3n) is 7.23. The monoisotopic (exact) mass is 761 g/mol. The van der Waals surface area contributed by atoms with Crippen LogP contribution in [0, 0.1) is 0 Å². The van der Waals surface area contributed by atoms with Gasteiger partial charge < -0.3 is 40.8 Å². The quantitative estimate of drug-likeness (QED) is 0.0791. The predicted molar refractivity (Wildman–Crippen MR) is 192 cm³/mol. The molecule has 7 N–H and O–H groups in total. The Hall–Kier alpha value is -5.91. The van der Waals surface area contributed by atoms with Gasteiger partial charge in [-0.25, -0.2) is 14.6 Å². The first-order valence-electron chi connectivity index (χ1n) is 15.6. The number of halogens is 3. The number of amides is 2. The molecule has 14 nitrogen and oxygen atoms in total. The maximum atomic E-state index is 14.3. The van der Waals surface area contributed by atoms with E-state index in [2.05, 4.69) is 20.9 Å². The van der Waals surface area contributed by atoms with Crippen LogP contribution < -0.4 is 31.2 Å². The Balaban J connectivity index is 0.000000980. The number of ether oxygens (including phenoxy) is 3. The van der Waals surface area contributed by atoms with Gasteiger partial charge in [-0.2, -0.15) is 13.2 Å². The van der Waals surface area contributed by atoms with Gasteiger partial charge in [0, 0.05) is 33.1 Å². The summed E-state index contributed by atoms with van der Waals surface area (Å²) in [5.41, 5.74) is 8.11. The molecule has 0 saturated carbocycles. The second-order valence-electron chi connectivity index (χ2n) is 11.3. The van der Waals surface area contributed by atoms with Gasteiger partial charge in [-0.15, -0.1) is 11.8 Å². The van der Waals surface area contributed by atoms with Crippen molar-refractivity contribution < 1.29 is 56.8 Å². The number of aliphatic carboxylic acids is 2. The van der Waals surface area contributed by atoms with Crippen molar-refractivity contribution in [3.05, 3.63) is 78.0 Å². The van der Waals surface area contributed by atoms with Gasteiger partial charge in [-0.3, -0.25) is 14.9 Å². The third-order valence-corrected chi connectivity index (χ3v) is 8.32. The molecule has 0 radical (unpaired) electrons. The van der Waals surface area contributed by atoms with Crippen LogP contribution >= 0.6 is 11.8 Å². The Labute approximate surface area is 306 Å². The highest BCUT2D eigenvalue weighted by Gasteiger charge is 2.38. The van der Waals surface area contributed by atoms with E-state index in [0.29, 0.717) is 39.8 Å². The lowest BCUT2D eigenvalue weighted by Gasteiger charge is -2.26. The number of thioether (sulfide) groups is 1. The van der Waals surface area contributed by atoms with Crippen molar-refractivity contribution >= 4 is 63.7 Å². The number of nitrogens with two attached hydrogens (primary N) is 1. The largest absolute Gasteiger partial charge is 0.493 e. The number of aromatic nitrogens is 1. The van der Waals surface area contributed by atoms with Crippen molar-refractivity contribution in [2.75, 3.05) is 37.7 Å². The standard InChI is InChI=1S/C33H37N5O7S.C2HF3O2/c1-18(2)46-28-11-8-22(37-33(42)45-5)16-24(28)25(17-29(39)40)38-32(41)30(20-6-10-26(43-3)27(15-20)44-4)36-21-7-9-23-19(14-21)12-13-35-31(23)34;3-2(4,5)1(6)7/h6-16,18,25,30,36H,17H2,1-5H3,(H2,34,35)(H,37,42)(H,38,41)(H,39,40);(H,6,7)/t25-,30?;/m1./s1. The molecule has 4 aromatic rings. The van der Waals surface area contributed by atoms with Crippen LogP contribution in [0.1, 0.15) is 43.5 Å². The van der Waals surface area contributed by atoms with E-state index in [4.69, 9.17) is 29.8 Å². The maximum Gasteiger partial charge on any atom is 0.490 e. The number of pyridine rings is 1. The molecule has 0 saturated heterocycles. The predicted octanol–water partition coefficient (Wildman–Crippen LogP) is 6.63. The fourth-order valence-electron chi connectivity index (χ4n) is 4.89. The Morgan fingerprint density at radius 1 is 0.906 bits per heavy atom. The Bertz CT molecular complexity index is 1950. The number of nitrogen functional groups attached to an aromatic ring is 1. The lowest BCUT2D eigenvalue weighted by Crippen LogP contribution is -2.37. The minimum atomic E-state index is -5.08. The lowest BCUT2D eigenvalue weighted by molar-refractivity contribution is -0.192. The summed E-state index contributed by atoms with van der Waals surface area (Å²) in [6.45, 7) is 4.01. The van der Waals surface area contributed by atoms with Gasteiger partial charge in [0.2, 0.25) is 5.91 Å². The summed E-state index contributed by atoms with van der Waals surface area (Å²) in [5.74, 6) is -3.10. The highest BCUT2D eigenvalue weighted by Crippen LogP contribution is 2.36. The molecule has 0 spiro atoms. The fraction of sp³-hybridized carbons (Fsp3) is 0.286. The number of methoxy groups -OCH3 is 3. The van der Waals surface area contributed by atoms with Crippen LogP contribution in [0.25, 0.3) is 10.8 Å². The molecule has 1 unspecified atom stereocenters. The first kappa shape index (κ1) is 41.5. The zero-order chi connectivity index (χ0) is 39.5. The number of alkyl halides is 3. The third kappa shape index (κ3) is 11.8. The molecular weight excluding hydrogens is 723 g/mol. The number of rotatable bonds is 13. The smallest absolute Gasteiger partial charge is 0.490 e. The summed E-state index contributed by atoms with van der Waals surface area (Å²) >= 11 is 1.51. The molecular formula is C35H38F3N5O9S. The summed E-state index contributed by atoms with van der Waals surface area (Å²) in [6, 6.07) is 15.5. The second-order valence-corrected chi connectivity index (χ2v) is 12.9. The van der Waals surface area contributed by atoms with Crippen LogP contribution in [0.2, 0.25) is 0 Å². The van der Waals surface area contributed by atoms with E-state index in [0.717, 1.165) is 15.7 Å². The topological polar surface area (TPSA) is 211 Å². The number of fused-ring (bicyclic) bond motifs is 1. The number of carboxylic acids is 2. The van der Waals surface area contributed by atoms with E-state index in [1.165, 1.54) is 33.1 Å². The summed E-state index contributed by atoms with van der Waals surface area (Å²) in [6.07, 6.45) is -4.58. The summed E-state index contributed by atoms with van der Waals surface area (Å²) in [5, 5.41) is 27.6. The number of carbonyl (C=O) groups excluding carboxylic acids is 2. The van der Waals surface area contributed by atoms with Crippen LogP contribution in [0.3, 0.4) is 0 Å². The fourth-order valence-corrected chi connectivity index (χ4v) is 5.88. The van der Waals surface area contributed by atoms with E-state index in [9.17, 15) is 32.7 Å². The van der Waals surface area contributed by atoms with Gasteiger partial charge >= 0.3 is 24.2 Å². The van der Waals surface area contributed by atoms with Crippen molar-refractivity contribution in [1.29, 1.82) is 0 Å². The molecule has 0 bridgehead atoms. The number of carbonyl (C=O) groups is 4. The van der Waals surface area contributed by atoms with Gasteiger partial charge in [0.25, 0.3) is 0 Å². The van der Waals surface area contributed by atoms with Gasteiger partial charge in [-0.1, -0.05) is 19.9 Å². The molecule has 4 rings (SSSR count). The van der Waals surface area contributed by atoms with Crippen molar-refractivity contribution in [3.63, 3.8) is 0 Å². The highest BCUT2D eigenvalue weighted by atomic mass is 32.2. The number of nitrogens with zero attached hydrogens (tertiary/aromatic N) is 1. The molecule has 1 aromatic heterocycles. The number of anilines is 3. The SMILES string of the molecule is COC(=O)Nc1ccc(SC(C)C)c([C@@H](CC(=O)O)NC(=O)C(Nc2ccc3c(N)nccc3c2)c2ccc(OC)c(OC)c2)c1.O=C(O)C(F)(F)F. The Morgan fingerprint density at radius 2 is 1.57 bits per heavy atom. The van der Waals surface area contributed by atoms with E-state index in [1.54, 1.807) is 48.7 Å². The summed E-state index contributed by atoms with van der Waals surface area (Å²) in [4.78, 5) is 52.1. The van der Waals surface area contributed by atoms with Crippen LogP contribution in [-0.2, 0) is 19.1 Å². The molecule has 0 aliphatic carbocycles. The molecule has 284 valence electrons. The molecule has 53 heavy (non-hydrogen) atoms. The highest BCUT2D eigenvalue weighted by molar-refractivity contribution is 8.00. The first-order valence-corrected chi connectivity index (χ1v) is 16.5. The van der Waals surface area contributed by atoms with Gasteiger partial charge in [0.1, 0.15) is 11.9 Å². The van der Waals surface area contributed by atoms with Gasteiger partial charge in [-0.05, 0) is 71.1 Å². The molecule has 0 aliphatic rings. The molecule has 3 aromatic carbocycles.